The van der Waals surface area contributed by atoms with Gasteiger partial charge in [-0.15, -0.1) is 0 Å². The van der Waals surface area contributed by atoms with E-state index in [0.717, 1.165) is 44.9 Å². The first-order chi connectivity index (χ1) is 19.6. The van der Waals surface area contributed by atoms with E-state index in [4.69, 9.17) is 0 Å². The molecule has 1 amide bonds. The van der Waals surface area contributed by atoms with Gasteiger partial charge in [0.05, 0.1) is 18.8 Å². The molecule has 0 aromatic rings. The van der Waals surface area contributed by atoms with Gasteiger partial charge in [-0.25, -0.2) is 0 Å². The summed E-state index contributed by atoms with van der Waals surface area (Å²) < 4.78 is 0. The van der Waals surface area contributed by atoms with Crippen molar-refractivity contribution in [3.63, 3.8) is 0 Å². The van der Waals surface area contributed by atoms with Crippen LogP contribution < -0.4 is 5.32 Å². The van der Waals surface area contributed by atoms with Crippen LogP contribution in [-0.4, -0.2) is 46.1 Å². The minimum absolute atomic E-state index is 0.380. The number of hydrogen-bond acceptors (Lipinski definition) is 4. The van der Waals surface area contributed by atoms with E-state index in [1.807, 2.05) is 6.08 Å². The van der Waals surface area contributed by atoms with Gasteiger partial charge in [-0.3, -0.25) is 4.79 Å². The summed E-state index contributed by atoms with van der Waals surface area (Å²) in [5.41, 5.74) is 0. The Morgan fingerprint density at radius 3 is 1.52 bits per heavy atom. The smallest absolute Gasteiger partial charge is 0.249 e. The van der Waals surface area contributed by atoms with E-state index in [1.165, 1.54) is 89.9 Å². The Morgan fingerprint density at radius 2 is 1.02 bits per heavy atom. The Kier molecular flexibility index (Phi) is 29.4. The molecule has 0 aliphatic heterocycles. The average molecular weight is 564 g/mol. The number of allylic oxidation sites excluding steroid dienone is 5. The van der Waals surface area contributed by atoms with Crippen LogP contribution in [0.1, 0.15) is 155 Å². The standard InChI is InChI=1S/C35H65NO4/c1-3-5-7-9-11-13-15-17-18-20-21-23-25-27-29-33(38)32(31-37)36-35(40)34(39)30-28-26-24-22-19-16-14-12-10-8-6-4-2/h13,15,20-21,27,29,32-34,37-39H,3-12,14,16-19,22-26,28,30-31H2,1-2H3,(H,36,40)/b15-13+,21-20+,29-27+. The quantitative estimate of drug-likeness (QED) is 0.0543. The zero-order chi connectivity index (χ0) is 29.5. The average Bonchev–Trinajstić information content (AvgIpc) is 2.96. The third-order valence-corrected chi connectivity index (χ3v) is 7.46. The van der Waals surface area contributed by atoms with E-state index in [-0.39, 0.29) is 6.61 Å². The topological polar surface area (TPSA) is 89.8 Å². The Hall–Kier alpha value is -1.43. The van der Waals surface area contributed by atoms with Crippen LogP contribution in [-0.2, 0) is 4.79 Å². The summed E-state index contributed by atoms with van der Waals surface area (Å²) in [4.78, 5) is 12.3. The minimum Gasteiger partial charge on any atom is -0.394 e. The van der Waals surface area contributed by atoms with E-state index in [1.54, 1.807) is 6.08 Å². The highest BCUT2D eigenvalue weighted by molar-refractivity contribution is 5.80. The number of aliphatic hydroxyl groups excluding tert-OH is 3. The van der Waals surface area contributed by atoms with Crippen LogP contribution in [0.4, 0.5) is 0 Å². The summed E-state index contributed by atoms with van der Waals surface area (Å²) in [6, 6.07) is -0.815. The van der Waals surface area contributed by atoms with Crippen LogP contribution >= 0.6 is 0 Å². The lowest BCUT2D eigenvalue weighted by Gasteiger charge is -2.21. The second kappa shape index (κ2) is 30.5. The Labute approximate surface area is 247 Å². The lowest BCUT2D eigenvalue weighted by Crippen LogP contribution is -2.48. The third kappa shape index (κ3) is 25.5. The molecule has 5 heteroatoms. The molecule has 0 aliphatic rings. The van der Waals surface area contributed by atoms with Gasteiger partial charge in [0.25, 0.3) is 0 Å². The molecule has 3 unspecified atom stereocenters. The summed E-state index contributed by atoms with van der Waals surface area (Å²) in [7, 11) is 0. The highest BCUT2D eigenvalue weighted by Gasteiger charge is 2.22. The van der Waals surface area contributed by atoms with Gasteiger partial charge in [0.2, 0.25) is 5.91 Å². The van der Waals surface area contributed by atoms with Crippen molar-refractivity contribution >= 4 is 5.91 Å². The normalized spacial score (nSPS) is 14.4. The number of unbranched alkanes of at least 4 members (excludes halogenated alkanes) is 17. The van der Waals surface area contributed by atoms with Gasteiger partial charge in [-0.05, 0) is 44.9 Å². The first-order valence-electron chi connectivity index (χ1n) is 16.8. The zero-order valence-electron chi connectivity index (χ0n) is 26.2. The van der Waals surface area contributed by atoms with Gasteiger partial charge in [0, 0.05) is 0 Å². The van der Waals surface area contributed by atoms with E-state index < -0.39 is 24.2 Å². The molecule has 0 aromatic carbocycles. The first kappa shape index (κ1) is 38.6. The number of rotatable bonds is 29. The Bertz CT molecular complexity index is 631. The van der Waals surface area contributed by atoms with Crippen molar-refractivity contribution in [2.24, 2.45) is 0 Å². The molecule has 0 saturated carbocycles. The summed E-state index contributed by atoms with van der Waals surface area (Å²) >= 11 is 0. The van der Waals surface area contributed by atoms with E-state index in [9.17, 15) is 20.1 Å². The zero-order valence-corrected chi connectivity index (χ0v) is 26.2. The van der Waals surface area contributed by atoms with Crippen LogP contribution in [0, 0.1) is 0 Å². The molecule has 4 N–H and O–H groups in total. The van der Waals surface area contributed by atoms with Crippen molar-refractivity contribution in [1.82, 2.24) is 5.32 Å². The summed E-state index contributed by atoms with van der Waals surface area (Å²) in [5, 5.41) is 32.8. The summed E-state index contributed by atoms with van der Waals surface area (Å²) in [6.45, 7) is 4.10. The molecule has 0 fully saturated rings. The Balaban J connectivity index is 3.88. The monoisotopic (exact) mass is 563 g/mol. The van der Waals surface area contributed by atoms with Crippen molar-refractivity contribution in [2.45, 2.75) is 173 Å². The highest BCUT2D eigenvalue weighted by atomic mass is 16.3. The number of carbonyl (C=O) groups excluding carboxylic acids is 1. The SMILES string of the molecule is CCCCCC/C=C/CC/C=C/CC/C=C/C(O)C(CO)NC(=O)C(O)CCCCCCCCCCCCCC. The predicted molar refractivity (Wildman–Crippen MR) is 171 cm³/mol. The molecule has 0 saturated heterocycles. The largest absolute Gasteiger partial charge is 0.394 e. The molecular weight excluding hydrogens is 498 g/mol. The molecule has 3 atom stereocenters. The van der Waals surface area contributed by atoms with E-state index in [2.05, 4.69) is 43.5 Å². The van der Waals surface area contributed by atoms with Crippen LogP contribution in [0.2, 0.25) is 0 Å². The molecule has 40 heavy (non-hydrogen) atoms. The van der Waals surface area contributed by atoms with Gasteiger partial charge in [0.15, 0.2) is 0 Å². The van der Waals surface area contributed by atoms with Crippen LogP contribution in [0.5, 0.6) is 0 Å². The lowest BCUT2D eigenvalue weighted by molar-refractivity contribution is -0.131. The number of hydrogen-bond donors (Lipinski definition) is 4. The van der Waals surface area contributed by atoms with Crippen LogP contribution in [0.15, 0.2) is 36.5 Å². The molecule has 0 aromatic heterocycles. The second-order valence-corrected chi connectivity index (χ2v) is 11.4. The van der Waals surface area contributed by atoms with Crippen LogP contribution in [0.25, 0.3) is 0 Å². The number of carbonyl (C=O) groups is 1. The van der Waals surface area contributed by atoms with Crippen molar-refractivity contribution in [3.05, 3.63) is 36.5 Å². The molecule has 0 heterocycles. The van der Waals surface area contributed by atoms with Crippen molar-refractivity contribution in [3.8, 4) is 0 Å². The van der Waals surface area contributed by atoms with Gasteiger partial charge in [-0.1, -0.05) is 147 Å². The number of aliphatic hydroxyl groups is 3. The van der Waals surface area contributed by atoms with Crippen molar-refractivity contribution in [2.75, 3.05) is 6.61 Å². The number of nitrogens with one attached hydrogen (secondary N) is 1. The third-order valence-electron chi connectivity index (χ3n) is 7.46. The maximum Gasteiger partial charge on any atom is 0.249 e. The molecular formula is C35H65NO4. The summed E-state index contributed by atoms with van der Waals surface area (Å²) in [6.07, 6.45) is 35.8. The number of amides is 1. The molecule has 5 nitrogen and oxygen atoms in total. The summed E-state index contributed by atoms with van der Waals surface area (Å²) in [5.74, 6) is -0.521. The second-order valence-electron chi connectivity index (χ2n) is 11.4. The van der Waals surface area contributed by atoms with E-state index >= 15 is 0 Å². The molecule has 0 rings (SSSR count). The fourth-order valence-electron chi connectivity index (χ4n) is 4.74. The van der Waals surface area contributed by atoms with Crippen LogP contribution in [0.3, 0.4) is 0 Å². The predicted octanol–water partition coefficient (Wildman–Crippen LogP) is 8.48. The lowest BCUT2D eigenvalue weighted by atomic mass is 10.0. The van der Waals surface area contributed by atoms with Gasteiger partial charge >= 0.3 is 0 Å². The maximum atomic E-state index is 12.3. The highest BCUT2D eigenvalue weighted by Crippen LogP contribution is 2.13. The fourth-order valence-corrected chi connectivity index (χ4v) is 4.74. The van der Waals surface area contributed by atoms with Gasteiger partial charge in [-0.2, -0.15) is 0 Å². The van der Waals surface area contributed by atoms with E-state index in [0.29, 0.717) is 6.42 Å². The fraction of sp³-hybridized carbons (Fsp3) is 0.800. The van der Waals surface area contributed by atoms with Crippen molar-refractivity contribution < 1.29 is 20.1 Å². The molecule has 0 spiro atoms. The van der Waals surface area contributed by atoms with Crippen molar-refractivity contribution in [1.29, 1.82) is 0 Å². The van der Waals surface area contributed by atoms with Gasteiger partial charge in [0.1, 0.15) is 6.10 Å². The molecule has 0 aliphatic carbocycles. The molecule has 0 bridgehead atoms. The van der Waals surface area contributed by atoms with Gasteiger partial charge < -0.3 is 20.6 Å². The maximum absolute atomic E-state index is 12.3. The molecule has 0 radical (unpaired) electrons. The first-order valence-corrected chi connectivity index (χ1v) is 16.8. The molecule has 234 valence electrons. The Morgan fingerprint density at radius 1 is 0.600 bits per heavy atom. The minimum atomic E-state index is -1.10.